The summed E-state index contributed by atoms with van der Waals surface area (Å²) in [5, 5.41) is 13.5. The van der Waals surface area contributed by atoms with Crippen LogP contribution in [0.25, 0.3) is 0 Å². The van der Waals surface area contributed by atoms with Crippen LogP contribution in [0.15, 0.2) is 40.9 Å². The molecule has 0 fully saturated rings. The fourth-order valence-electron chi connectivity index (χ4n) is 2.07. The average molecular weight is 365 g/mol. The van der Waals surface area contributed by atoms with Gasteiger partial charge >= 0.3 is 0 Å². The van der Waals surface area contributed by atoms with Crippen LogP contribution in [-0.2, 0) is 11.2 Å². The highest BCUT2D eigenvalue weighted by Crippen LogP contribution is 2.34. The molecule has 1 amide bonds. The number of anilines is 1. The molecular weight excluding hydrogens is 352 g/mol. The number of amides is 1. The molecule has 7 heteroatoms. The molecule has 2 aromatic carbocycles. The van der Waals surface area contributed by atoms with Crippen LogP contribution >= 0.6 is 15.9 Å². The normalized spacial score (nSPS) is 10.1. The number of carbonyl (C=O) groups excluding carboxylic acids is 1. The number of benzene rings is 2. The van der Waals surface area contributed by atoms with E-state index in [1.165, 1.54) is 6.07 Å². The van der Waals surface area contributed by atoms with Crippen molar-refractivity contribution in [3.05, 3.63) is 62.1 Å². The van der Waals surface area contributed by atoms with Crippen LogP contribution in [0.4, 0.5) is 11.4 Å². The highest BCUT2D eigenvalue weighted by molar-refractivity contribution is 9.10. The van der Waals surface area contributed by atoms with Crippen LogP contribution in [0.2, 0.25) is 0 Å². The molecule has 2 aromatic rings. The third-order valence-electron chi connectivity index (χ3n) is 3.10. The van der Waals surface area contributed by atoms with Crippen LogP contribution in [0.5, 0.6) is 5.75 Å². The molecule has 1 N–H and O–H groups in total. The maximum atomic E-state index is 11.1. The molecule has 22 heavy (non-hydrogen) atoms. The summed E-state index contributed by atoms with van der Waals surface area (Å²) in [7, 11) is 1.59. The zero-order chi connectivity index (χ0) is 16.1. The predicted octanol–water partition coefficient (Wildman–Crippen LogP) is 3.53. The Bertz CT molecular complexity index is 701. The minimum Gasteiger partial charge on any atom is -0.497 e. The molecule has 0 atom stereocenters. The van der Waals surface area contributed by atoms with Gasteiger partial charge in [-0.25, -0.2) is 0 Å². The molecule has 0 radical (unpaired) electrons. The van der Waals surface area contributed by atoms with E-state index in [9.17, 15) is 14.9 Å². The Morgan fingerprint density at radius 3 is 2.50 bits per heavy atom. The lowest BCUT2D eigenvalue weighted by molar-refractivity contribution is -0.384. The largest absolute Gasteiger partial charge is 0.497 e. The maximum Gasteiger partial charge on any atom is 0.294 e. The topological polar surface area (TPSA) is 81.5 Å². The summed E-state index contributed by atoms with van der Waals surface area (Å²) >= 11 is 3.26. The standard InChI is InChI=1S/C15H13BrN2O4/c1-22-12-4-2-10(3-5-12)6-11-7-13(16)15(17-9-19)14(8-11)18(20)21/h2-5,7-9H,6H2,1H3,(H,17,19). The number of ether oxygens (including phenoxy) is 1. The van der Waals surface area contributed by atoms with Crippen molar-refractivity contribution in [1.82, 2.24) is 0 Å². The molecule has 0 aromatic heterocycles. The van der Waals surface area contributed by atoms with Gasteiger partial charge in [0.25, 0.3) is 5.69 Å². The van der Waals surface area contributed by atoms with E-state index < -0.39 is 4.92 Å². The van der Waals surface area contributed by atoms with Crippen molar-refractivity contribution in [1.29, 1.82) is 0 Å². The van der Waals surface area contributed by atoms with E-state index in [0.717, 1.165) is 16.9 Å². The Morgan fingerprint density at radius 2 is 1.95 bits per heavy atom. The van der Waals surface area contributed by atoms with Crippen molar-refractivity contribution in [3.8, 4) is 5.75 Å². The first-order valence-electron chi connectivity index (χ1n) is 6.35. The summed E-state index contributed by atoms with van der Waals surface area (Å²) in [6.07, 6.45) is 0.945. The first-order chi connectivity index (χ1) is 10.5. The van der Waals surface area contributed by atoms with Gasteiger partial charge in [0.15, 0.2) is 0 Å². The Labute approximate surface area is 135 Å². The van der Waals surface area contributed by atoms with Gasteiger partial charge in [-0.3, -0.25) is 14.9 Å². The molecular formula is C15H13BrN2O4. The molecule has 0 aliphatic heterocycles. The number of hydrogen-bond donors (Lipinski definition) is 1. The van der Waals surface area contributed by atoms with E-state index >= 15 is 0 Å². The number of nitro benzene ring substituents is 1. The zero-order valence-corrected chi connectivity index (χ0v) is 13.3. The van der Waals surface area contributed by atoms with Gasteiger partial charge < -0.3 is 10.1 Å². The zero-order valence-electron chi connectivity index (χ0n) is 11.7. The minimum atomic E-state index is -0.520. The van der Waals surface area contributed by atoms with Gasteiger partial charge in [0, 0.05) is 10.5 Å². The smallest absolute Gasteiger partial charge is 0.294 e. The fraction of sp³-hybridized carbons (Fsp3) is 0.133. The molecule has 0 heterocycles. The number of hydrogen-bond acceptors (Lipinski definition) is 4. The van der Waals surface area contributed by atoms with Crippen LogP contribution in [-0.4, -0.2) is 18.4 Å². The third kappa shape index (κ3) is 3.62. The lowest BCUT2D eigenvalue weighted by atomic mass is 10.0. The van der Waals surface area contributed by atoms with Gasteiger partial charge in [-0.05, 0) is 51.7 Å². The van der Waals surface area contributed by atoms with Crippen LogP contribution < -0.4 is 10.1 Å². The van der Waals surface area contributed by atoms with Gasteiger partial charge in [0.2, 0.25) is 6.41 Å². The first-order valence-corrected chi connectivity index (χ1v) is 7.14. The molecule has 0 aliphatic carbocycles. The van der Waals surface area contributed by atoms with Crippen LogP contribution in [0.3, 0.4) is 0 Å². The van der Waals surface area contributed by atoms with E-state index in [2.05, 4.69) is 21.2 Å². The number of nitro groups is 1. The molecule has 0 saturated carbocycles. The lowest BCUT2D eigenvalue weighted by Crippen LogP contribution is -2.02. The van der Waals surface area contributed by atoms with E-state index in [0.29, 0.717) is 17.3 Å². The Hall–Kier alpha value is -2.41. The Morgan fingerprint density at radius 1 is 1.27 bits per heavy atom. The fourth-order valence-corrected chi connectivity index (χ4v) is 2.69. The van der Waals surface area contributed by atoms with Crippen molar-refractivity contribution in [2.75, 3.05) is 12.4 Å². The summed E-state index contributed by atoms with van der Waals surface area (Å²) in [5.41, 5.74) is 1.77. The van der Waals surface area contributed by atoms with Crippen molar-refractivity contribution in [2.45, 2.75) is 6.42 Å². The second-order valence-corrected chi connectivity index (χ2v) is 5.37. The number of nitrogens with zero attached hydrogens (tertiary/aromatic N) is 1. The summed E-state index contributed by atoms with van der Waals surface area (Å²) in [6.45, 7) is 0. The minimum absolute atomic E-state index is 0.148. The highest BCUT2D eigenvalue weighted by Gasteiger charge is 2.18. The molecule has 2 rings (SSSR count). The third-order valence-corrected chi connectivity index (χ3v) is 3.72. The summed E-state index contributed by atoms with van der Waals surface area (Å²) in [5.74, 6) is 0.751. The SMILES string of the molecule is COc1ccc(Cc2cc(Br)c(NC=O)c([N+](=O)[O-])c2)cc1. The number of halogens is 1. The number of rotatable bonds is 6. The molecule has 0 spiro atoms. The number of methoxy groups -OCH3 is 1. The van der Waals surface area contributed by atoms with Gasteiger partial charge in [-0.1, -0.05) is 12.1 Å². The van der Waals surface area contributed by atoms with Crippen molar-refractivity contribution < 1.29 is 14.5 Å². The van der Waals surface area contributed by atoms with E-state index in [-0.39, 0.29) is 11.4 Å². The number of carbonyl (C=O) groups is 1. The van der Waals surface area contributed by atoms with E-state index in [1.54, 1.807) is 13.2 Å². The van der Waals surface area contributed by atoms with Crippen molar-refractivity contribution in [3.63, 3.8) is 0 Å². The average Bonchev–Trinajstić information content (AvgIpc) is 2.50. The van der Waals surface area contributed by atoms with Crippen LogP contribution in [0.1, 0.15) is 11.1 Å². The van der Waals surface area contributed by atoms with Crippen LogP contribution in [0, 0.1) is 10.1 Å². The van der Waals surface area contributed by atoms with Gasteiger partial charge in [0.05, 0.1) is 12.0 Å². The molecule has 0 aliphatic rings. The first kappa shape index (κ1) is 16.0. The summed E-state index contributed by atoms with van der Waals surface area (Å²) < 4.78 is 5.56. The Kier molecular flexibility index (Phi) is 5.11. The number of nitrogens with one attached hydrogen (secondary N) is 1. The second kappa shape index (κ2) is 7.04. The lowest BCUT2D eigenvalue weighted by Gasteiger charge is -2.08. The maximum absolute atomic E-state index is 11.1. The van der Waals surface area contributed by atoms with E-state index in [1.807, 2.05) is 24.3 Å². The van der Waals surface area contributed by atoms with Crippen molar-refractivity contribution >= 4 is 33.7 Å². The molecule has 0 bridgehead atoms. The summed E-state index contributed by atoms with van der Waals surface area (Å²) in [6, 6.07) is 10.7. The monoisotopic (exact) mass is 364 g/mol. The molecule has 0 saturated heterocycles. The van der Waals surface area contributed by atoms with E-state index in [4.69, 9.17) is 4.74 Å². The summed E-state index contributed by atoms with van der Waals surface area (Å²) in [4.78, 5) is 21.2. The van der Waals surface area contributed by atoms with Gasteiger partial charge in [0.1, 0.15) is 11.4 Å². The van der Waals surface area contributed by atoms with Gasteiger partial charge in [-0.15, -0.1) is 0 Å². The van der Waals surface area contributed by atoms with Crippen molar-refractivity contribution in [2.24, 2.45) is 0 Å². The van der Waals surface area contributed by atoms with Gasteiger partial charge in [-0.2, -0.15) is 0 Å². The molecule has 0 unspecified atom stereocenters. The quantitative estimate of drug-likeness (QED) is 0.482. The second-order valence-electron chi connectivity index (χ2n) is 4.52. The molecule has 6 nitrogen and oxygen atoms in total. The Balaban J connectivity index is 2.34. The molecule has 114 valence electrons. The highest BCUT2D eigenvalue weighted by atomic mass is 79.9. The predicted molar refractivity (Wildman–Crippen MR) is 86.3 cm³/mol.